The van der Waals surface area contributed by atoms with Crippen molar-refractivity contribution < 1.29 is 4.79 Å². The molecule has 0 saturated carbocycles. The number of hydrogen-bond acceptors (Lipinski definition) is 6. The molecule has 0 saturated heterocycles. The quantitative estimate of drug-likeness (QED) is 0.625. The van der Waals surface area contributed by atoms with Crippen LogP contribution in [0.15, 0.2) is 23.1 Å². The molecule has 0 aliphatic rings. The molecule has 2 N–H and O–H groups in total. The summed E-state index contributed by atoms with van der Waals surface area (Å²) in [5.41, 5.74) is 1.31. The Morgan fingerprint density at radius 2 is 2.23 bits per heavy atom. The number of hydrogen-bond donors (Lipinski definition) is 2. The number of amides is 1. The molecule has 0 spiro atoms. The molecule has 0 bridgehead atoms. The standard InChI is InChI=1S/C17H17ClN4O2S2/c1-8-9(2)26-17-13(8)16(24)21-12(22-17)7-25-10(3)15(23)20-11-5-4-6-19-14(11)18/h4-6,10H,7H2,1-3H3,(H,20,23)(H,21,22,24)/t10-/m0/s1. The second kappa shape index (κ2) is 7.77. The molecule has 26 heavy (non-hydrogen) atoms. The lowest BCUT2D eigenvalue weighted by molar-refractivity contribution is -0.115. The van der Waals surface area contributed by atoms with Gasteiger partial charge in [-0.3, -0.25) is 9.59 Å². The minimum atomic E-state index is -0.348. The molecule has 136 valence electrons. The number of aromatic nitrogens is 3. The Balaban J connectivity index is 1.68. The summed E-state index contributed by atoms with van der Waals surface area (Å²) in [5.74, 6) is 0.806. The van der Waals surface area contributed by atoms with Gasteiger partial charge in [-0.2, -0.15) is 0 Å². The van der Waals surface area contributed by atoms with E-state index in [2.05, 4.69) is 20.3 Å². The van der Waals surface area contributed by atoms with Gasteiger partial charge in [0.2, 0.25) is 5.91 Å². The van der Waals surface area contributed by atoms with Crippen LogP contribution < -0.4 is 10.9 Å². The first-order valence-electron chi connectivity index (χ1n) is 7.88. The lowest BCUT2D eigenvalue weighted by Crippen LogP contribution is -2.23. The van der Waals surface area contributed by atoms with Crippen LogP contribution in [0.25, 0.3) is 10.2 Å². The first kappa shape index (κ1) is 18.9. The van der Waals surface area contributed by atoms with Crippen molar-refractivity contribution in [3.8, 4) is 0 Å². The van der Waals surface area contributed by atoms with Gasteiger partial charge in [-0.1, -0.05) is 11.6 Å². The average molecular weight is 409 g/mol. The Hall–Kier alpha value is -1.90. The highest BCUT2D eigenvalue weighted by atomic mass is 35.5. The number of aromatic amines is 1. The molecule has 0 fully saturated rings. The van der Waals surface area contributed by atoms with Crippen molar-refractivity contribution in [1.29, 1.82) is 0 Å². The first-order chi connectivity index (χ1) is 12.4. The summed E-state index contributed by atoms with van der Waals surface area (Å²) in [6, 6.07) is 3.40. The van der Waals surface area contributed by atoms with Gasteiger partial charge in [0.1, 0.15) is 10.7 Å². The number of carbonyl (C=O) groups excluding carboxylic acids is 1. The number of nitrogens with zero attached hydrogens (tertiary/aromatic N) is 2. The molecule has 0 aromatic carbocycles. The lowest BCUT2D eigenvalue weighted by atomic mass is 10.2. The number of aryl methyl sites for hydroxylation is 2. The minimum Gasteiger partial charge on any atom is -0.323 e. The predicted molar refractivity (Wildman–Crippen MR) is 108 cm³/mol. The van der Waals surface area contributed by atoms with Crippen LogP contribution in [0.3, 0.4) is 0 Å². The van der Waals surface area contributed by atoms with Crippen LogP contribution in [-0.4, -0.2) is 26.1 Å². The number of nitrogens with one attached hydrogen (secondary N) is 2. The van der Waals surface area contributed by atoms with Gasteiger partial charge in [0.05, 0.1) is 22.1 Å². The van der Waals surface area contributed by atoms with Crippen LogP contribution in [0.2, 0.25) is 5.15 Å². The van der Waals surface area contributed by atoms with Gasteiger partial charge < -0.3 is 10.3 Å². The summed E-state index contributed by atoms with van der Waals surface area (Å²) in [5, 5.41) is 3.30. The van der Waals surface area contributed by atoms with E-state index in [1.807, 2.05) is 13.8 Å². The highest BCUT2D eigenvalue weighted by molar-refractivity contribution is 7.99. The van der Waals surface area contributed by atoms with Crippen LogP contribution in [-0.2, 0) is 10.5 Å². The Bertz CT molecular complexity index is 1030. The molecule has 6 nitrogen and oxygen atoms in total. The van der Waals surface area contributed by atoms with Gasteiger partial charge in [-0.05, 0) is 38.5 Å². The first-order valence-corrected chi connectivity index (χ1v) is 10.1. The van der Waals surface area contributed by atoms with E-state index >= 15 is 0 Å². The van der Waals surface area contributed by atoms with Crippen LogP contribution in [0.4, 0.5) is 5.69 Å². The molecule has 1 atom stereocenters. The maximum absolute atomic E-state index is 12.3. The maximum atomic E-state index is 12.3. The van der Waals surface area contributed by atoms with E-state index in [0.717, 1.165) is 15.3 Å². The van der Waals surface area contributed by atoms with Gasteiger partial charge in [-0.25, -0.2) is 9.97 Å². The van der Waals surface area contributed by atoms with E-state index in [9.17, 15) is 9.59 Å². The minimum absolute atomic E-state index is 0.133. The van der Waals surface area contributed by atoms with E-state index in [-0.39, 0.29) is 21.9 Å². The molecule has 0 unspecified atom stereocenters. The fraction of sp³-hybridized carbons (Fsp3) is 0.294. The number of rotatable bonds is 5. The fourth-order valence-electron chi connectivity index (χ4n) is 2.36. The van der Waals surface area contributed by atoms with Crippen molar-refractivity contribution in [2.24, 2.45) is 0 Å². The number of carbonyl (C=O) groups is 1. The summed E-state index contributed by atoms with van der Waals surface area (Å²) in [7, 11) is 0. The van der Waals surface area contributed by atoms with Crippen molar-refractivity contribution in [3.63, 3.8) is 0 Å². The highest BCUT2D eigenvalue weighted by Crippen LogP contribution is 2.27. The lowest BCUT2D eigenvalue weighted by Gasteiger charge is -2.12. The van der Waals surface area contributed by atoms with Crippen molar-refractivity contribution in [1.82, 2.24) is 15.0 Å². The summed E-state index contributed by atoms with van der Waals surface area (Å²) in [6.45, 7) is 5.70. The monoisotopic (exact) mass is 408 g/mol. The van der Waals surface area contributed by atoms with Crippen molar-refractivity contribution in [2.75, 3.05) is 5.32 Å². The largest absolute Gasteiger partial charge is 0.323 e. The summed E-state index contributed by atoms with van der Waals surface area (Å²) < 4.78 is 0. The molecule has 3 rings (SSSR count). The summed E-state index contributed by atoms with van der Waals surface area (Å²) in [6.07, 6.45) is 1.56. The number of thioether (sulfide) groups is 1. The normalized spacial score (nSPS) is 12.3. The topological polar surface area (TPSA) is 87.7 Å². The van der Waals surface area contributed by atoms with E-state index in [0.29, 0.717) is 22.7 Å². The zero-order valence-corrected chi connectivity index (χ0v) is 16.8. The smallest absolute Gasteiger partial charge is 0.259 e. The van der Waals surface area contributed by atoms with Gasteiger partial charge in [-0.15, -0.1) is 23.1 Å². The Morgan fingerprint density at radius 3 is 2.96 bits per heavy atom. The number of pyridine rings is 1. The Labute approximate surface area is 163 Å². The van der Waals surface area contributed by atoms with E-state index in [1.165, 1.54) is 23.1 Å². The molecule has 3 aromatic heterocycles. The maximum Gasteiger partial charge on any atom is 0.259 e. The average Bonchev–Trinajstić information content (AvgIpc) is 2.89. The Kier molecular flexibility index (Phi) is 5.64. The number of H-pyrrole nitrogens is 1. The molecular weight excluding hydrogens is 392 g/mol. The summed E-state index contributed by atoms with van der Waals surface area (Å²) >= 11 is 8.85. The second-order valence-electron chi connectivity index (χ2n) is 5.76. The van der Waals surface area contributed by atoms with Crippen molar-refractivity contribution in [2.45, 2.75) is 31.8 Å². The predicted octanol–water partition coefficient (Wildman–Crippen LogP) is 3.91. The van der Waals surface area contributed by atoms with Crippen molar-refractivity contribution >= 4 is 56.5 Å². The molecule has 1 amide bonds. The SMILES string of the molecule is Cc1sc2nc(CS[C@@H](C)C(=O)Nc3cccnc3Cl)[nH]c(=O)c2c1C. The fourth-order valence-corrected chi connectivity index (χ4v) is 4.33. The van der Waals surface area contributed by atoms with Crippen LogP contribution in [0.1, 0.15) is 23.2 Å². The van der Waals surface area contributed by atoms with E-state index in [1.54, 1.807) is 25.3 Å². The number of halogens is 1. The molecular formula is C17H17ClN4O2S2. The molecule has 3 heterocycles. The Morgan fingerprint density at radius 1 is 1.46 bits per heavy atom. The van der Waals surface area contributed by atoms with Gasteiger partial charge in [0, 0.05) is 11.1 Å². The second-order valence-corrected chi connectivity index (χ2v) is 8.65. The highest BCUT2D eigenvalue weighted by Gasteiger charge is 2.17. The third-order valence-corrected chi connectivity index (χ3v) is 6.50. The van der Waals surface area contributed by atoms with Crippen molar-refractivity contribution in [3.05, 3.63) is 50.1 Å². The molecule has 3 aromatic rings. The van der Waals surface area contributed by atoms with Crippen LogP contribution in [0, 0.1) is 13.8 Å². The van der Waals surface area contributed by atoms with E-state index < -0.39 is 0 Å². The summed E-state index contributed by atoms with van der Waals surface area (Å²) in [4.78, 5) is 37.7. The van der Waals surface area contributed by atoms with Gasteiger partial charge in [0.15, 0.2) is 5.15 Å². The molecule has 0 radical (unpaired) electrons. The third-order valence-electron chi connectivity index (χ3n) is 3.94. The van der Waals surface area contributed by atoms with Crippen LogP contribution in [0.5, 0.6) is 0 Å². The zero-order valence-electron chi connectivity index (χ0n) is 14.4. The van der Waals surface area contributed by atoms with Gasteiger partial charge >= 0.3 is 0 Å². The van der Waals surface area contributed by atoms with Crippen LogP contribution >= 0.6 is 34.7 Å². The molecule has 9 heteroatoms. The number of anilines is 1. The zero-order chi connectivity index (χ0) is 18.8. The third kappa shape index (κ3) is 3.92. The van der Waals surface area contributed by atoms with E-state index in [4.69, 9.17) is 11.6 Å². The number of thiophene rings is 1. The number of fused-ring (bicyclic) bond motifs is 1. The van der Waals surface area contributed by atoms with Gasteiger partial charge in [0.25, 0.3) is 5.56 Å². The molecule has 0 aliphatic carbocycles. The molecule has 0 aliphatic heterocycles.